The van der Waals surface area contributed by atoms with E-state index in [2.05, 4.69) is 6.58 Å². The molecule has 0 unspecified atom stereocenters. The van der Waals surface area contributed by atoms with Crippen molar-refractivity contribution in [3.63, 3.8) is 0 Å². The zero-order valence-electron chi connectivity index (χ0n) is 9.20. The van der Waals surface area contributed by atoms with E-state index in [4.69, 9.17) is 21.1 Å². The van der Waals surface area contributed by atoms with E-state index in [0.29, 0.717) is 28.7 Å². The van der Waals surface area contributed by atoms with Gasteiger partial charge in [0.25, 0.3) is 0 Å². The Balaban J connectivity index is 2.94. The highest BCUT2D eigenvalue weighted by atomic mass is 35.5. The van der Waals surface area contributed by atoms with E-state index in [0.717, 1.165) is 0 Å². The Kier molecular flexibility index (Phi) is 5.15. The Bertz CT molecular complexity index is 363. The minimum Gasteiger partial charge on any atom is -0.490 e. The normalized spacial score (nSPS) is 9.94. The maximum atomic E-state index is 9.19. The van der Waals surface area contributed by atoms with Gasteiger partial charge in [0.1, 0.15) is 6.61 Å². The number of aliphatic hydroxyl groups is 1. The molecule has 88 valence electrons. The Hall–Kier alpha value is -1.19. The fourth-order valence-corrected chi connectivity index (χ4v) is 1.32. The van der Waals surface area contributed by atoms with Gasteiger partial charge in [-0.15, -0.1) is 0 Å². The predicted octanol–water partition coefficient (Wildman–Crippen LogP) is 2.71. The van der Waals surface area contributed by atoms with Crippen LogP contribution in [0.2, 0.25) is 0 Å². The van der Waals surface area contributed by atoms with Gasteiger partial charge in [0, 0.05) is 10.6 Å². The SMILES string of the molecule is C=C(Cl)COc1c(CO)cccc1OCC. The van der Waals surface area contributed by atoms with E-state index in [1.807, 2.05) is 6.92 Å². The Morgan fingerprint density at radius 2 is 2.19 bits per heavy atom. The average molecular weight is 243 g/mol. The molecule has 0 aliphatic carbocycles. The Labute approximate surface area is 100 Å². The molecule has 0 aromatic heterocycles. The number of rotatable bonds is 6. The van der Waals surface area contributed by atoms with E-state index < -0.39 is 0 Å². The fraction of sp³-hybridized carbons (Fsp3) is 0.333. The summed E-state index contributed by atoms with van der Waals surface area (Å²) in [6.45, 7) is 6.05. The lowest BCUT2D eigenvalue weighted by molar-refractivity contribution is 0.258. The van der Waals surface area contributed by atoms with Crippen LogP contribution in [0.25, 0.3) is 0 Å². The molecule has 0 fully saturated rings. The Morgan fingerprint density at radius 1 is 1.44 bits per heavy atom. The summed E-state index contributed by atoms with van der Waals surface area (Å²) < 4.78 is 10.9. The van der Waals surface area contributed by atoms with Gasteiger partial charge in [0.05, 0.1) is 13.2 Å². The number of ether oxygens (including phenoxy) is 2. The standard InChI is InChI=1S/C12H15ClO3/c1-3-15-11-6-4-5-10(7-14)12(11)16-8-9(2)13/h4-6,14H,2-3,7-8H2,1H3. The molecule has 3 nitrogen and oxygen atoms in total. The smallest absolute Gasteiger partial charge is 0.167 e. The van der Waals surface area contributed by atoms with Crippen LogP contribution >= 0.6 is 11.6 Å². The highest BCUT2D eigenvalue weighted by molar-refractivity contribution is 6.29. The van der Waals surface area contributed by atoms with E-state index >= 15 is 0 Å². The van der Waals surface area contributed by atoms with Gasteiger partial charge < -0.3 is 14.6 Å². The molecular formula is C12H15ClO3. The van der Waals surface area contributed by atoms with Crippen LogP contribution < -0.4 is 9.47 Å². The van der Waals surface area contributed by atoms with Crippen LogP contribution in [-0.2, 0) is 6.61 Å². The first kappa shape index (κ1) is 12.9. The maximum Gasteiger partial charge on any atom is 0.167 e. The summed E-state index contributed by atoms with van der Waals surface area (Å²) in [6.07, 6.45) is 0. The molecule has 4 heteroatoms. The van der Waals surface area contributed by atoms with Crippen molar-refractivity contribution in [1.29, 1.82) is 0 Å². The third-order valence-electron chi connectivity index (χ3n) is 1.90. The lowest BCUT2D eigenvalue weighted by Crippen LogP contribution is -2.03. The third-order valence-corrected chi connectivity index (χ3v) is 2.01. The lowest BCUT2D eigenvalue weighted by atomic mass is 10.2. The summed E-state index contributed by atoms with van der Waals surface area (Å²) in [4.78, 5) is 0. The first-order valence-corrected chi connectivity index (χ1v) is 5.38. The van der Waals surface area contributed by atoms with Crippen molar-refractivity contribution in [2.45, 2.75) is 13.5 Å². The molecule has 16 heavy (non-hydrogen) atoms. The number of aliphatic hydroxyl groups excluding tert-OH is 1. The summed E-state index contributed by atoms with van der Waals surface area (Å²) in [5, 5.41) is 9.58. The maximum absolute atomic E-state index is 9.19. The molecule has 0 heterocycles. The van der Waals surface area contributed by atoms with Crippen molar-refractivity contribution in [2.75, 3.05) is 13.2 Å². The Morgan fingerprint density at radius 3 is 2.75 bits per heavy atom. The molecule has 1 aromatic rings. The molecule has 0 radical (unpaired) electrons. The van der Waals surface area contributed by atoms with Crippen molar-refractivity contribution in [1.82, 2.24) is 0 Å². The van der Waals surface area contributed by atoms with E-state index in [-0.39, 0.29) is 13.2 Å². The van der Waals surface area contributed by atoms with Crippen LogP contribution in [0.1, 0.15) is 12.5 Å². The van der Waals surface area contributed by atoms with Crippen molar-refractivity contribution < 1.29 is 14.6 Å². The predicted molar refractivity (Wildman–Crippen MR) is 64.0 cm³/mol. The zero-order chi connectivity index (χ0) is 12.0. The second-order valence-corrected chi connectivity index (χ2v) is 3.68. The highest BCUT2D eigenvalue weighted by Gasteiger charge is 2.10. The van der Waals surface area contributed by atoms with Gasteiger partial charge in [-0.2, -0.15) is 0 Å². The first-order chi connectivity index (χ1) is 7.69. The molecule has 1 aromatic carbocycles. The monoisotopic (exact) mass is 242 g/mol. The van der Waals surface area contributed by atoms with Gasteiger partial charge in [-0.25, -0.2) is 0 Å². The van der Waals surface area contributed by atoms with Crippen LogP contribution in [-0.4, -0.2) is 18.3 Å². The van der Waals surface area contributed by atoms with Gasteiger partial charge in [-0.1, -0.05) is 30.3 Å². The quantitative estimate of drug-likeness (QED) is 0.834. The summed E-state index contributed by atoms with van der Waals surface area (Å²) >= 11 is 5.63. The lowest BCUT2D eigenvalue weighted by Gasteiger charge is -2.14. The van der Waals surface area contributed by atoms with E-state index in [1.165, 1.54) is 0 Å². The average Bonchev–Trinajstić information content (AvgIpc) is 2.27. The molecule has 0 atom stereocenters. The van der Waals surface area contributed by atoms with Crippen LogP contribution in [0, 0.1) is 0 Å². The minimum atomic E-state index is -0.106. The van der Waals surface area contributed by atoms with Crippen LogP contribution in [0.5, 0.6) is 11.5 Å². The zero-order valence-corrected chi connectivity index (χ0v) is 9.96. The molecule has 0 saturated heterocycles. The number of hydrogen-bond acceptors (Lipinski definition) is 3. The number of hydrogen-bond donors (Lipinski definition) is 1. The fourth-order valence-electron chi connectivity index (χ4n) is 1.27. The summed E-state index contributed by atoms with van der Waals surface area (Å²) in [5.41, 5.74) is 0.670. The molecule has 0 spiro atoms. The van der Waals surface area contributed by atoms with Crippen LogP contribution in [0.3, 0.4) is 0 Å². The van der Waals surface area contributed by atoms with Crippen molar-refractivity contribution >= 4 is 11.6 Å². The number of halogens is 1. The van der Waals surface area contributed by atoms with E-state index in [9.17, 15) is 5.11 Å². The van der Waals surface area contributed by atoms with Crippen LogP contribution in [0.15, 0.2) is 29.8 Å². The molecule has 0 saturated carbocycles. The van der Waals surface area contributed by atoms with Crippen LogP contribution in [0.4, 0.5) is 0 Å². The molecule has 1 N–H and O–H groups in total. The first-order valence-electron chi connectivity index (χ1n) is 5.00. The second-order valence-electron chi connectivity index (χ2n) is 3.14. The molecule has 0 aliphatic heterocycles. The van der Waals surface area contributed by atoms with Gasteiger partial charge in [-0.05, 0) is 13.0 Å². The summed E-state index contributed by atoms with van der Waals surface area (Å²) in [7, 11) is 0. The van der Waals surface area contributed by atoms with E-state index in [1.54, 1.807) is 18.2 Å². The van der Waals surface area contributed by atoms with Gasteiger partial charge >= 0.3 is 0 Å². The summed E-state index contributed by atoms with van der Waals surface area (Å²) in [5.74, 6) is 1.13. The molecule has 0 bridgehead atoms. The van der Waals surface area contributed by atoms with Gasteiger partial charge in [0.2, 0.25) is 0 Å². The molecule has 1 rings (SSSR count). The van der Waals surface area contributed by atoms with Crippen molar-refractivity contribution in [3.05, 3.63) is 35.4 Å². The molecular weight excluding hydrogens is 228 g/mol. The summed E-state index contributed by atoms with van der Waals surface area (Å²) in [6, 6.07) is 5.36. The second kappa shape index (κ2) is 6.40. The molecule has 0 amide bonds. The van der Waals surface area contributed by atoms with Gasteiger partial charge in [-0.3, -0.25) is 0 Å². The topological polar surface area (TPSA) is 38.7 Å². The van der Waals surface area contributed by atoms with Gasteiger partial charge in [0.15, 0.2) is 11.5 Å². The number of benzene rings is 1. The van der Waals surface area contributed by atoms with Crippen molar-refractivity contribution in [3.8, 4) is 11.5 Å². The molecule has 0 aliphatic rings. The largest absolute Gasteiger partial charge is 0.490 e. The third kappa shape index (κ3) is 3.43. The minimum absolute atomic E-state index is 0.106. The van der Waals surface area contributed by atoms with Crippen molar-refractivity contribution in [2.24, 2.45) is 0 Å². The highest BCUT2D eigenvalue weighted by Crippen LogP contribution is 2.31. The number of para-hydroxylation sites is 1.